The first kappa shape index (κ1) is 14.7. The highest BCUT2D eigenvalue weighted by Gasteiger charge is 2.19. The molecule has 1 aliphatic heterocycles. The first-order valence-electron chi connectivity index (χ1n) is 7.21. The second kappa shape index (κ2) is 7.14. The van der Waals surface area contributed by atoms with Gasteiger partial charge in [-0.3, -0.25) is 10.3 Å². The number of benzene rings is 1. The fraction of sp³-hybridized carbons (Fsp3) is 0.533. The van der Waals surface area contributed by atoms with Crippen LogP contribution in [-0.2, 0) is 4.84 Å². The van der Waals surface area contributed by atoms with Gasteiger partial charge in [0.05, 0.1) is 18.5 Å². The molecule has 5 nitrogen and oxygen atoms in total. The number of para-hydroxylation sites is 2. The van der Waals surface area contributed by atoms with E-state index < -0.39 is 0 Å². The maximum atomic E-state index is 6.14. The molecule has 1 aliphatic rings. The van der Waals surface area contributed by atoms with E-state index in [1.54, 1.807) is 7.11 Å². The summed E-state index contributed by atoms with van der Waals surface area (Å²) < 4.78 is 0. The minimum absolute atomic E-state index is 0.588. The van der Waals surface area contributed by atoms with Gasteiger partial charge in [0.1, 0.15) is 0 Å². The third-order valence-corrected chi connectivity index (χ3v) is 3.87. The van der Waals surface area contributed by atoms with Gasteiger partial charge in [0.2, 0.25) is 0 Å². The van der Waals surface area contributed by atoms with Crippen molar-refractivity contribution in [2.24, 2.45) is 16.6 Å². The summed E-state index contributed by atoms with van der Waals surface area (Å²) in [6, 6.07) is 7.71. The van der Waals surface area contributed by atoms with E-state index in [1.165, 1.54) is 19.3 Å². The van der Waals surface area contributed by atoms with Crippen LogP contribution >= 0.6 is 0 Å². The van der Waals surface area contributed by atoms with E-state index in [-0.39, 0.29) is 0 Å². The lowest BCUT2D eigenvalue weighted by atomic mass is 9.95. The number of hydrogen-bond donors (Lipinski definition) is 2. The van der Waals surface area contributed by atoms with Crippen molar-refractivity contribution in [1.29, 1.82) is 0 Å². The Balaban J connectivity index is 2.07. The van der Waals surface area contributed by atoms with Gasteiger partial charge in [-0.15, -0.1) is 0 Å². The zero-order chi connectivity index (χ0) is 14.4. The number of hydrogen-bond acceptors (Lipinski definition) is 3. The molecule has 1 aromatic carbocycles. The quantitative estimate of drug-likeness (QED) is 0.504. The Hall–Kier alpha value is -1.75. The van der Waals surface area contributed by atoms with Crippen LogP contribution in [0.1, 0.15) is 26.2 Å². The van der Waals surface area contributed by atoms with Crippen molar-refractivity contribution in [3.8, 4) is 0 Å². The summed E-state index contributed by atoms with van der Waals surface area (Å²) in [7, 11) is 1.58. The molecule has 2 rings (SSSR count). The first-order valence-corrected chi connectivity index (χ1v) is 7.21. The van der Waals surface area contributed by atoms with Gasteiger partial charge >= 0.3 is 0 Å². The number of piperidine rings is 1. The summed E-state index contributed by atoms with van der Waals surface area (Å²) in [5.41, 5.74) is 10.6. The molecule has 0 spiro atoms. The van der Waals surface area contributed by atoms with Gasteiger partial charge in [-0.05, 0) is 30.9 Å². The third-order valence-electron chi connectivity index (χ3n) is 3.87. The monoisotopic (exact) mass is 276 g/mol. The summed E-state index contributed by atoms with van der Waals surface area (Å²) in [6.45, 7) is 4.24. The van der Waals surface area contributed by atoms with E-state index in [2.05, 4.69) is 22.3 Å². The molecule has 0 radical (unpaired) electrons. The van der Waals surface area contributed by atoms with Crippen LogP contribution < -0.4 is 11.2 Å². The lowest BCUT2D eigenvalue weighted by Gasteiger charge is -2.32. The van der Waals surface area contributed by atoms with Crippen molar-refractivity contribution in [3.05, 3.63) is 24.3 Å². The number of nitrogens with one attached hydrogen (secondary N) is 1. The van der Waals surface area contributed by atoms with Gasteiger partial charge in [0.15, 0.2) is 5.96 Å². The molecule has 0 bridgehead atoms. The topological polar surface area (TPSA) is 62.9 Å². The van der Waals surface area contributed by atoms with Gasteiger partial charge in [0, 0.05) is 13.1 Å². The van der Waals surface area contributed by atoms with E-state index in [1.807, 2.05) is 24.3 Å². The molecule has 3 N–H and O–H groups in total. The predicted octanol–water partition coefficient (Wildman–Crippen LogP) is 2.73. The van der Waals surface area contributed by atoms with Crippen molar-refractivity contribution in [2.75, 3.05) is 25.7 Å². The Bertz CT molecular complexity index is 453. The number of anilines is 1. The third kappa shape index (κ3) is 3.63. The van der Waals surface area contributed by atoms with Crippen molar-refractivity contribution in [3.63, 3.8) is 0 Å². The zero-order valence-electron chi connectivity index (χ0n) is 12.3. The average Bonchev–Trinajstić information content (AvgIpc) is 2.49. The van der Waals surface area contributed by atoms with Crippen molar-refractivity contribution >= 4 is 17.3 Å². The maximum Gasteiger partial charge on any atom is 0.196 e. The fourth-order valence-electron chi connectivity index (χ4n) is 2.53. The van der Waals surface area contributed by atoms with Crippen LogP contribution in [-0.4, -0.2) is 31.1 Å². The zero-order valence-corrected chi connectivity index (χ0v) is 12.3. The molecular weight excluding hydrogens is 252 g/mol. The van der Waals surface area contributed by atoms with Gasteiger partial charge in [-0.2, -0.15) is 0 Å². The Kier molecular flexibility index (Phi) is 5.24. The minimum atomic E-state index is 0.588. The Morgan fingerprint density at radius 2 is 2.10 bits per heavy atom. The van der Waals surface area contributed by atoms with Crippen molar-refractivity contribution in [1.82, 2.24) is 4.90 Å². The molecule has 1 heterocycles. The summed E-state index contributed by atoms with van der Waals surface area (Å²) in [5, 5.41) is 0. The number of nitrogens with zero attached hydrogens (tertiary/aromatic N) is 2. The molecule has 0 aromatic heterocycles. The molecule has 1 aromatic rings. The maximum absolute atomic E-state index is 6.14. The smallest absolute Gasteiger partial charge is 0.196 e. The molecule has 0 aliphatic carbocycles. The van der Waals surface area contributed by atoms with Crippen LogP contribution in [0.15, 0.2) is 29.3 Å². The first-order chi connectivity index (χ1) is 9.74. The van der Waals surface area contributed by atoms with E-state index in [9.17, 15) is 0 Å². The predicted molar refractivity (Wildman–Crippen MR) is 82.9 cm³/mol. The molecule has 0 saturated carbocycles. The van der Waals surface area contributed by atoms with Gasteiger partial charge in [0.25, 0.3) is 0 Å². The summed E-state index contributed by atoms with van der Waals surface area (Å²) in [4.78, 5) is 11.6. The number of rotatable bonds is 4. The van der Waals surface area contributed by atoms with Gasteiger partial charge in [-0.1, -0.05) is 25.5 Å². The van der Waals surface area contributed by atoms with Crippen LogP contribution in [0.2, 0.25) is 0 Å². The van der Waals surface area contributed by atoms with Crippen molar-refractivity contribution in [2.45, 2.75) is 26.2 Å². The molecule has 0 unspecified atom stereocenters. The lowest BCUT2D eigenvalue weighted by Crippen LogP contribution is -2.42. The number of guanidine groups is 1. The Labute approximate surface area is 120 Å². The lowest BCUT2D eigenvalue weighted by molar-refractivity contribution is 0.259. The number of aliphatic imine (C=N–C) groups is 1. The summed E-state index contributed by atoms with van der Waals surface area (Å²) >= 11 is 0. The molecule has 1 saturated heterocycles. The highest BCUT2D eigenvalue weighted by atomic mass is 16.6. The normalized spacial score (nSPS) is 17.3. The Morgan fingerprint density at radius 1 is 1.40 bits per heavy atom. The van der Waals surface area contributed by atoms with E-state index in [0.717, 1.165) is 30.4 Å². The van der Waals surface area contributed by atoms with Crippen LogP contribution in [0.3, 0.4) is 0 Å². The molecule has 5 heteroatoms. The highest BCUT2D eigenvalue weighted by molar-refractivity contribution is 5.83. The molecule has 110 valence electrons. The van der Waals surface area contributed by atoms with Crippen LogP contribution in [0.25, 0.3) is 0 Å². The van der Waals surface area contributed by atoms with E-state index in [4.69, 9.17) is 10.6 Å². The number of likely N-dealkylation sites (tertiary alicyclic amines) is 1. The van der Waals surface area contributed by atoms with E-state index in [0.29, 0.717) is 5.96 Å². The molecular formula is C15H24N4O. The second-order valence-corrected chi connectivity index (χ2v) is 5.13. The van der Waals surface area contributed by atoms with Crippen LogP contribution in [0.5, 0.6) is 0 Å². The summed E-state index contributed by atoms with van der Waals surface area (Å²) in [5.74, 6) is 1.42. The van der Waals surface area contributed by atoms with Gasteiger partial charge in [-0.25, -0.2) is 4.99 Å². The minimum Gasteiger partial charge on any atom is -0.369 e. The second-order valence-electron chi connectivity index (χ2n) is 5.13. The summed E-state index contributed by atoms with van der Waals surface area (Å²) in [6.07, 6.45) is 3.65. The molecule has 0 amide bonds. The van der Waals surface area contributed by atoms with Crippen molar-refractivity contribution < 1.29 is 4.84 Å². The SMILES string of the molecule is CCC1CCN(C(N)=Nc2ccccc2NOC)CC1. The average molecular weight is 276 g/mol. The molecule has 0 atom stereocenters. The van der Waals surface area contributed by atoms with Crippen LogP contribution in [0.4, 0.5) is 11.4 Å². The standard InChI is InChI=1S/C15H24N4O/c1-3-12-8-10-19(11-9-12)15(16)17-13-6-4-5-7-14(13)18-20-2/h4-7,12,18H,3,8-11H2,1-2H3,(H2,16,17). The fourth-order valence-corrected chi connectivity index (χ4v) is 2.53. The highest BCUT2D eigenvalue weighted by Crippen LogP contribution is 2.25. The molecule has 1 fully saturated rings. The Morgan fingerprint density at radius 3 is 2.75 bits per heavy atom. The van der Waals surface area contributed by atoms with Gasteiger partial charge < -0.3 is 10.6 Å². The largest absolute Gasteiger partial charge is 0.369 e. The van der Waals surface area contributed by atoms with E-state index >= 15 is 0 Å². The van der Waals surface area contributed by atoms with Crippen LogP contribution in [0, 0.1) is 5.92 Å². The number of nitrogens with two attached hydrogens (primary N) is 1. The molecule has 20 heavy (non-hydrogen) atoms.